The first-order valence-corrected chi connectivity index (χ1v) is 11.8. The number of aliphatic hydroxyl groups excluding tert-OH is 1. The molecule has 2 bridgehead atoms. The number of nitrogens with zero attached hydrogens (tertiary/aromatic N) is 2. The lowest BCUT2D eigenvalue weighted by atomic mass is 9.86. The van der Waals surface area contributed by atoms with Crippen LogP contribution in [0.15, 0.2) is 47.3 Å². The molecule has 1 saturated carbocycles. The number of amides is 1. The second kappa shape index (κ2) is 8.88. The zero-order valence-electron chi connectivity index (χ0n) is 18.8. The van der Waals surface area contributed by atoms with E-state index in [0.29, 0.717) is 36.7 Å². The van der Waals surface area contributed by atoms with E-state index < -0.39 is 12.0 Å². The largest absolute Gasteiger partial charge is 0.396 e. The third-order valence-electron chi connectivity index (χ3n) is 7.42. The molecule has 1 amide bonds. The number of carbonyl (C=O) groups is 1. The first-order valence-electron chi connectivity index (χ1n) is 11.8. The van der Waals surface area contributed by atoms with Crippen molar-refractivity contribution in [2.24, 2.45) is 17.8 Å². The van der Waals surface area contributed by atoms with Crippen LogP contribution in [0.1, 0.15) is 42.6 Å². The fourth-order valence-electron chi connectivity index (χ4n) is 5.57. The summed E-state index contributed by atoms with van der Waals surface area (Å²) in [4.78, 5) is 28.7. The molecule has 0 spiro atoms. The number of halogens is 1. The minimum Gasteiger partial charge on any atom is -0.396 e. The summed E-state index contributed by atoms with van der Waals surface area (Å²) in [6, 6.07) is 9.69. The molecule has 174 valence electrons. The SMILES string of the molecule is C/C=C/c1ccc2n(c1=O)C[C@H]1[C@H](CO)[C@@H](C(=O)NCC3CC3)[C@@H]2N1Cc1ccccc1F. The topological polar surface area (TPSA) is 74.6 Å². The van der Waals surface area contributed by atoms with Gasteiger partial charge in [-0.3, -0.25) is 14.5 Å². The Balaban J connectivity index is 1.57. The lowest BCUT2D eigenvalue weighted by Gasteiger charge is -2.38. The molecule has 1 aliphatic carbocycles. The molecule has 3 heterocycles. The van der Waals surface area contributed by atoms with Crippen LogP contribution >= 0.6 is 0 Å². The summed E-state index contributed by atoms with van der Waals surface area (Å²) < 4.78 is 16.3. The van der Waals surface area contributed by atoms with Gasteiger partial charge in [0, 0.05) is 55.0 Å². The Morgan fingerprint density at radius 3 is 2.73 bits per heavy atom. The minimum absolute atomic E-state index is 0.0922. The highest BCUT2D eigenvalue weighted by atomic mass is 19.1. The number of fused-ring (bicyclic) bond motifs is 4. The van der Waals surface area contributed by atoms with E-state index in [1.807, 2.05) is 19.1 Å². The number of nitrogens with one attached hydrogen (secondary N) is 1. The van der Waals surface area contributed by atoms with Crippen molar-refractivity contribution in [3.8, 4) is 0 Å². The van der Waals surface area contributed by atoms with Gasteiger partial charge >= 0.3 is 0 Å². The molecule has 2 aromatic rings. The monoisotopic (exact) mass is 451 g/mol. The van der Waals surface area contributed by atoms with E-state index in [9.17, 15) is 19.1 Å². The summed E-state index contributed by atoms with van der Waals surface area (Å²) in [5, 5.41) is 13.5. The number of aromatic nitrogens is 1. The van der Waals surface area contributed by atoms with E-state index in [1.54, 1.807) is 34.9 Å². The standard InChI is InChI=1S/C26H30FN3O3/c1-2-5-17-10-11-21-24-23(25(32)28-12-16-8-9-16)19(15-31)22(14-30(21)26(17)33)29(24)13-18-6-3-4-7-20(18)27/h2-7,10-11,16,19,22-24,31H,8-9,12-15H2,1H3,(H,28,32)/b5-2+/t19-,22-,23+,24+/m0/s1. The Kier molecular flexibility index (Phi) is 5.93. The van der Waals surface area contributed by atoms with E-state index in [2.05, 4.69) is 10.2 Å². The first kappa shape index (κ1) is 22.0. The summed E-state index contributed by atoms with van der Waals surface area (Å²) in [6.07, 6.45) is 5.88. The highest BCUT2D eigenvalue weighted by Gasteiger charge is 2.55. The number of carbonyl (C=O) groups excluding carboxylic acids is 1. The Hall–Kier alpha value is -2.77. The molecular formula is C26H30FN3O3. The normalized spacial score (nSPS) is 26.5. The predicted octanol–water partition coefficient (Wildman–Crippen LogP) is 2.71. The third-order valence-corrected chi connectivity index (χ3v) is 7.42. The maximum atomic E-state index is 14.6. The van der Waals surface area contributed by atoms with E-state index in [1.165, 1.54) is 6.07 Å². The zero-order chi connectivity index (χ0) is 23.1. The van der Waals surface area contributed by atoms with Crippen molar-refractivity contribution < 1.29 is 14.3 Å². The quantitative estimate of drug-likeness (QED) is 0.679. The zero-order valence-corrected chi connectivity index (χ0v) is 18.8. The van der Waals surface area contributed by atoms with Gasteiger partial charge in [0.1, 0.15) is 5.82 Å². The fraction of sp³-hybridized carbons (Fsp3) is 0.462. The number of rotatable bonds is 7. The maximum absolute atomic E-state index is 14.6. The van der Waals surface area contributed by atoms with Gasteiger partial charge in [-0.15, -0.1) is 0 Å². The van der Waals surface area contributed by atoms with E-state index in [4.69, 9.17) is 0 Å². The van der Waals surface area contributed by atoms with Crippen molar-refractivity contribution in [2.75, 3.05) is 13.2 Å². The number of aliphatic hydroxyl groups is 1. The third kappa shape index (κ3) is 3.93. The molecule has 5 rings (SSSR count). The Morgan fingerprint density at radius 1 is 1.24 bits per heavy atom. The molecule has 7 heteroatoms. The number of benzene rings is 1. The Morgan fingerprint density at radius 2 is 2.03 bits per heavy atom. The number of pyridine rings is 1. The molecule has 0 unspecified atom stereocenters. The summed E-state index contributed by atoms with van der Waals surface area (Å²) in [6.45, 7) is 3.02. The molecular weight excluding hydrogens is 421 g/mol. The summed E-state index contributed by atoms with van der Waals surface area (Å²) in [7, 11) is 0. The number of hydrogen-bond donors (Lipinski definition) is 2. The van der Waals surface area contributed by atoms with Crippen molar-refractivity contribution in [3.63, 3.8) is 0 Å². The van der Waals surface area contributed by atoms with Gasteiger partial charge in [-0.1, -0.05) is 30.4 Å². The van der Waals surface area contributed by atoms with Gasteiger partial charge in [-0.25, -0.2) is 4.39 Å². The smallest absolute Gasteiger partial charge is 0.258 e. The van der Waals surface area contributed by atoms with Crippen LogP contribution in [0, 0.1) is 23.6 Å². The number of hydrogen-bond acceptors (Lipinski definition) is 4. The van der Waals surface area contributed by atoms with Gasteiger partial charge in [0.05, 0.1) is 12.0 Å². The highest BCUT2D eigenvalue weighted by molar-refractivity contribution is 5.80. The molecule has 2 fully saturated rings. The van der Waals surface area contributed by atoms with Gasteiger partial charge in [0.15, 0.2) is 0 Å². The van der Waals surface area contributed by atoms with Crippen LogP contribution in [0.25, 0.3) is 6.08 Å². The molecule has 1 aromatic carbocycles. The second-order valence-electron chi connectivity index (χ2n) is 9.47. The average molecular weight is 452 g/mol. The van der Waals surface area contributed by atoms with Crippen LogP contribution in [0.3, 0.4) is 0 Å². The van der Waals surface area contributed by atoms with Crippen molar-refractivity contribution in [1.29, 1.82) is 0 Å². The van der Waals surface area contributed by atoms with Crippen LogP contribution in [0.5, 0.6) is 0 Å². The molecule has 3 aliphatic rings. The van der Waals surface area contributed by atoms with Gasteiger partial charge in [-0.05, 0) is 43.9 Å². The van der Waals surface area contributed by atoms with Gasteiger partial charge < -0.3 is 15.0 Å². The van der Waals surface area contributed by atoms with Crippen LogP contribution in [0.4, 0.5) is 4.39 Å². The minimum atomic E-state index is -0.508. The van der Waals surface area contributed by atoms with E-state index >= 15 is 0 Å². The molecule has 0 radical (unpaired) electrons. The second-order valence-corrected chi connectivity index (χ2v) is 9.47. The van der Waals surface area contributed by atoms with Crippen molar-refractivity contribution in [3.05, 3.63) is 75.5 Å². The Labute approximate surface area is 192 Å². The average Bonchev–Trinajstić information content (AvgIpc) is 3.61. The van der Waals surface area contributed by atoms with Crippen LogP contribution in [-0.4, -0.2) is 39.7 Å². The van der Waals surface area contributed by atoms with Crippen molar-refractivity contribution >= 4 is 12.0 Å². The van der Waals surface area contributed by atoms with Crippen LogP contribution < -0.4 is 10.9 Å². The van der Waals surface area contributed by atoms with E-state index in [-0.39, 0.29) is 35.9 Å². The summed E-state index contributed by atoms with van der Waals surface area (Å²) in [5.74, 6) is -0.698. The molecule has 33 heavy (non-hydrogen) atoms. The highest BCUT2D eigenvalue weighted by Crippen LogP contribution is 2.49. The maximum Gasteiger partial charge on any atom is 0.258 e. The lowest BCUT2D eigenvalue weighted by molar-refractivity contribution is -0.127. The lowest BCUT2D eigenvalue weighted by Crippen LogP contribution is -2.46. The molecule has 1 aromatic heterocycles. The molecule has 2 aliphatic heterocycles. The van der Waals surface area contributed by atoms with Crippen LogP contribution in [-0.2, 0) is 17.9 Å². The predicted molar refractivity (Wildman–Crippen MR) is 124 cm³/mol. The van der Waals surface area contributed by atoms with Gasteiger partial charge in [0.2, 0.25) is 5.91 Å². The molecule has 1 saturated heterocycles. The Bertz CT molecular complexity index is 1140. The summed E-state index contributed by atoms with van der Waals surface area (Å²) in [5.41, 5.74) is 1.80. The van der Waals surface area contributed by atoms with E-state index in [0.717, 1.165) is 18.5 Å². The van der Waals surface area contributed by atoms with Crippen molar-refractivity contribution in [1.82, 2.24) is 14.8 Å². The van der Waals surface area contributed by atoms with Gasteiger partial charge in [-0.2, -0.15) is 0 Å². The van der Waals surface area contributed by atoms with Gasteiger partial charge in [0.25, 0.3) is 5.56 Å². The fourth-order valence-corrected chi connectivity index (χ4v) is 5.57. The first-order chi connectivity index (χ1) is 16.0. The molecule has 4 atom stereocenters. The number of allylic oxidation sites excluding steroid dienone is 1. The summed E-state index contributed by atoms with van der Waals surface area (Å²) >= 11 is 0. The van der Waals surface area contributed by atoms with Crippen LogP contribution in [0.2, 0.25) is 0 Å². The van der Waals surface area contributed by atoms with Crippen molar-refractivity contribution in [2.45, 2.75) is 44.9 Å². The molecule has 6 nitrogen and oxygen atoms in total. The molecule has 2 N–H and O–H groups in total.